The number of benzene rings is 1. The lowest BCUT2D eigenvalue weighted by molar-refractivity contribution is 0.169. The van der Waals surface area contributed by atoms with E-state index in [9.17, 15) is 0 Å². The van der Waals surface area contributed by atoms with Gasteiger partial charge in [-0.25, -0.2) is 0 Å². The molecule has 1 aromatic rings. The summed E-state index contributed by atoms with van der Waals surface area (Å²) in [6.07, 6.45) is 5.47. The van der Waals surface area contributed by atoms with Crippen molar-refractivity contribution in [1.82, 2.24) is 0 Å². The molecule has 0 amide bonds. The summed E-state index contributed by atoms with van der Waals surface area (Å²) in [5, 5.41) is 0. The zero-order chi connectivity index (χ0) is 11.6. The van der Waals surface area contributed by atoms with Gasteiger partial charge >= 0.3 is 0 Å². The minimum absolute atomic E-state index is 0.491. The molecule has 0 unspecified atom stereocenters. The Morgan fingerprint density at radius 3 is 2.25 bits per heavy atom. The molecule has 1 radical (unpaired) electrons. The van der Waals surface area contributed by atoms with Crippen LogP contribution in [0.3, 0.4) is 0 Å². The lowest BCUT2D eigenvalue weighted by atomic mass is 9.69. The quantitative estimate of drug-likeness (QED) is 0.631. The highest BCUT2D eigenvalue weighted by Gasteiger charge is 2.29. The summed E-state index contributed by atoms with van der Waals surface area (Å²) < 4.78 is 0. The average Bonchev–Trinajstić information content (AvgIpc) is 2.29. The van der Waals surface area contributed by atoms with Crippen LogP contribution in [0.1, 0.15) is 57.9 Å². The fourth-order valence-corrected chi connectivity index (χ4v) is 2.93. The zero-order valence-electron chi connectivity index (χ0n) is 10.8. The van der Waals surface area contributed by atoms with Crippen LogP contribution >= 0.6 is 0 Å². The van der Waals surface area contributed by atoms with Crippen LogP contribution in [0.25, 0.3) is 0 Å². The Balaban J connectivity index is 1.96. The minimum Gasteiger partial charge on any atom is -0.0619 e. The standard InChI is InChI=1S/C16H23/c1-16(2,3)15-11-9-14(10-12-15)13-7-5-4-6-8-13/h4-7,14-15H,9-12H2,1-3H3/t14-,15+. The molecular weight excluding hydrogens is 192 g/mol. The van der Waals surface area contributed by atoms with Gasteiger partial charge in [-0.05, 0) is 54.6 Å². The van der Waals surface area contributed by atoms with Gasteiger partial charge in [0.05, 0.1) is 0 Å². The zero-order valence-corrected chi connectivity index (χ0v) is 10.8. The molecule has 0 aliphatic heterocycles. The van der Waals surface area contributed by atoms with Crippen LogP contribution in [0.2, 0.25) is 0 Å². The molecule has 0 bridgehead atoms. The Kier molecular flexibility index (Phi) is 3.37. The van der Waals surface area contributed by atoms with Crippen molar-refractivity contribution in [3.05, 3.63) is 35.9 Å². The van der Waals surface area contributed by atoms with Crippen molar-refractivity contribution in [2.24, 2.45) is 11.3 Å². The van der Waals surface area contributed by atoms with E-state index in [0.717, 1.165) is 11.8 Å². The molecular formula is C16H23. The second-order valence-electron chi connectivity index (χ2n) is 6.23. The van der Waals surface area contributed by atoms with Crippen LogP contribution in [0.5, 0.6) is 0 Å². The van der Waals surface area contributed by atoms with Gasteiger partial charge in [-0.1, -0.05) is 45.0 Å². The van der Waals surface area contributed by atoms with Crippen molar-refractivity contribution in [2.75, 3.05) is 0 Å². The molecule has 1 aromatic carbocycles. The lowest BCUT2D eigenvalue weighted by Crippen LogP contribution is -2.25. The molecule has 1 aliphatic rings. The maximum Gasteiger partial charge on any atom is -0.0146 e. The highest BCUT2D eigenvalue weighted by atomic mass is 14.3. The molecule has 0 spiro atoms. The second kappa shape index (κ2) is 4.61. The fraction of sp³-hybridized carbons (Fsp3) is 0.625. The third-order valence-corrected chi connectivity index (χ3v) is 4.12. The molecule has 1 fully saturated rings. The number of hydrogen-bond acceptors (Lipinski definition) is 0. The molecule has 1 saturated carbocycles. The fourth-order valence-electron chi connectivity index (χ4n) is 2.93. The lowest BCUT2D eigenvalue weighted by Gasteiger charge is -2.37. The summed E-state index contributed by atoms with van der Waals surface area (Å²) in [7, 11) is 0. The summed E-state index contributed by atoms with van der Waals surface area (Å²) in [6, 6.07) is 11.9. The van der Waals surface area contributed by atoms with Crippen molar-refractivity contribution in [3.8, 4) is 0 Å². The van der Waals surface area contributed by atoms with E-state index in [1.54, 1.807) is 0 Å². The highest BCUT2D eigenvalue weighted by molar-refractivity contribution is 5.18. The van der Waals surface area contributed by atoms with Crippen LogP contribution in [0.15, 0.2) is 24.3 Å². The monoisotopic (exact) mass is 215 g/mol. The molecule has 1 aliphatic carbocycles. The topological polar surface area (TPSA) is 0 Å². The Morgan fingerprint density at radius 2 is 1.75 bits per heavy atom. The molecule has 0 heteroatoms. The van der Waals surface area contributed by atoms with Gasteiger partial charge in [0.2, 0.25) is 0 Å². The molecule has 0 atom stereocenters. The Bertz CT molecular complexity index is 310. The maximum atomic E-state index is 3.39. The van der Waals surface area contributed by atoms with E-state index >= 15 is 0 Å². The summed E-state index contributed by atoms with van der Waals surface area (Å²) in [5.74, 6) is 1.67. The largest absolute Gasteiger partial charge is 0.0619 e. The Morgan fingerprint density at radius 1 is 1.06 bits per heavy atom. The number of rotatable bonds is 1. The maximum absolute atomic E-state index is 3.39. The Labute approximate surface area is 100 Å². The molecule has 0 N–H and O–H groups in total. The molecule has 2 rings (SSSR count). The van der Waals surface area contributed by atoms with Crippen LogP contribution in [0, 0.1) is 17.4 Å². The van der Waals surface area contributed by atoms with Crippen LogP contribution in [-0.2, 0) is 0 Å². The van der Waals surface area contributed by atoms with Crippen molar-refractivity contribution in [3.63, 3.8) is 0 Å². The first-order valence-corrected chi connectivity index (χ1v) is 6.54. The van der Waals surface area contributed by atoms with Gasteiger partial charge in [-0.15, -0.1) is 0 Å². The first-order valence-electron chi connectivity index (χ1n) is 6.54. The van der Waals surface area contributed by atoms with Crippen molar-refractivity contribution < 1.29 is 0 Å². The third-order valence-electron chi connectivity index (χ3n) is 4.12. The van der Waals surface area contributed by atoms with Crippen LogP contribution < -0.4 is 0 Å². The van der Waals surface area contributed by atoms with Crippen molar-refractivity contribution >= 4 is 0 Å². The van der Waals surface area contributed by atoms with Crippen molar-refractivity contribution in [1.29, 1.82) is 0 Å². The first kappa shape index (κ1) is 11.7. The normalized spacial score (nSPS) is 26.7. The van der Waals surface area contributed by atoms with Crippen LogP contribution in [0.4, 0.5) is 0 Å². The van der Waals surface area contributed by atoms with E-state index in [2.05, 4.69) is 45.0 Å². The van der Waals surface area contributed by atoms with Gasteiger partial charge < -0.3 is 0 Å². The smallest absolute Gasteiger partial charge is 0.0146 e. The predicted octanol–water partition coefficient (Wildman–Crippen LogP) is 4.81. The summed E-state index contributed by atoms with van der Waals surface area (Å²) in [4.78, 5) is 0. The Hall–Kier alpha value is -0.780. The van der Waals surface area contributed by atoms with Crippen molar-refractivity contribution in [2.45, 2.75) is 52.4 Å². The summed E-state index contributed by atoms with van der Waals surface area (Å²) in [6.45, 7) is 7.14. The van der Waals surface area contributed by atoms with E-state index in [1.165, 1.54) is 31.2 Å². The highest BCUT2D eigenvalue weighted by Crippen LogP contribution is 2.42. The molecule has 87 valence electrons. The van der Waals surface area contributed by atoms with Gasteiger partial charge in [-0.2, -0.15) is 0 Å². The van der Waals surface area contributed by atoms with E-state index < -0.39 is 0 Å². The van der Waals surface area contributed by atoms with E-state index in [1.807, 2.05) is 6.07 Å². The van der Waals surface area contributed by atoms with E-state index in [0.29, 0.717) is 5.41 Å². The minimum atomic E-state index is 0.491. The molecule has 0 nitrogen and oxygen atoms in total. The van der Waals surface area contributed by atoms with E-state index in [-0.39, 0.29) is 0 Å². The summed E-state index contributed by atoms with van der Waals surface area (Å²) >= 11 is 0. The first-order chi connectivity index (χ1) is 7.57. The van der Waals surface area contributed by atoms with Gasteiger partial charge in [0.25, 0.3) is 0 Å². The molecule has 0 heterocycles. The van der Waals surface area contributed by atoms with Gasteiger partial charge in [0.15, 0.2) is 0 Å². The molecule has 0 saturated heterocycles. The van der Waals surface area contributed by atoms with Gasteiger partial charge in [0, 0.05) is 0 Å². The third kappa shape index (κ3) is 2.66. The van der Waals surface area contributed by atoms with Gasteiger partial charge in [-0.3, -0.25) is 0 Å². The summed E-state index contributed by atoms with van der Waals surface area (Å²) in [5.41, 5.74) is 1.92. The molecule has 0 aromatic heterocycles. The predicted molar refractivity (Wildman–Crippen MR) is 69.4 cm³/mol. The molecule has 16 heavy (non-hydrogen) atoms. The van der Waals surface area contributed by atoms with Gasteiger partial charge in [0.1, 0.15) is 0 Å². The second-order valence-corrected chi connectivity index (χ2v) is 6.23. The average molecular weight is 215 g/mol. The van der Waals surface area contributed by atoms with Crippen LogP contribution in [-0.4, -0.2) is 0 Å². The SMILES string of the molecule is CC(C)(C)[C@H]1CC[C@@H](c2[c]cccc2)CC1. The number of hydrogen-bond donors (Lipinski definition) is 0. The van der Waals surface area contributed by atoms with E-state index in [4.69, 9.17) is 0 Å².